The lowest BCUT2D eigenvalue weighted by Gasteiger charge is -2.28. The van der Waals surface area contributed by atoms with Crippen molar-refractivity contribution in [2.45, 2.75) is 25.3 Å². The molecule has 1 fully saturated rings. The Morgan fingerprint density at radius 1 is 1.03 bits per heavy atom. The van der Waals surface area contributed by atoms with Crippen molar-refractivity contribution in [3.8, 4) is 0 Å². The maximum absolute atomic E-state index is 12.4. The maximum Gasteiger partial charge on any atom is 0.251 e. The van der Waals surface area contributed by atoms with E-state index in [0.29, 0.717) is 5.56 Å². The van der Waals surface area contributed by atoms with Gasteiger partial charge in [-0.25, -0.2) is 0 Å². The third kappa shape index (κ3) is 4.77. The second-order valence-electron chi connectivity index (χ2n) is 7.54. The molecule has 2 aromatic carbocycles. The lowest BCUT2D eigenvalue weighted by Crippen LogP contribution is -2.39. The molecule has 1 saturated heterocycles. The molecule has 0 bridgehead atoms. The van der Waals surface area contributed by atoms with Gasteiger partial charge in [0.05, 0.1) is 25.8 Å². The van der Waals surface area contributed by atoms with Crippen LogP contribution >= 0.6 is 0 Å². The molecule has 0 saturated carbocycles. The molecule has 4 rings (SSSR count). The van der Waals surface area contributed by atoms with Crippen LogP contribution in [0.25, 0.3) is 0 Å². The van der Waals surface area contributed by atoms with Crippen LogP contribution in [0.5, 0.6) is 0 Å². The van der Waals surface area contributed by atoms with Crippen molar-refractivity contribution in [1.82, 2.24) is 10.6 Å². The summed E-state index contributed by atoms with van der Waals surface area (Å²) in [6, 6.07) is 15.8. The Labute approximate surface area is 171 Å². The summed E-state index contributed by atoms with van der Waals surface area (Å²) in [4.78, 5) is 27.0. The minimum absolute atomic E-state index is 0.0251. The van der Waals surface area contributed by atoms with Gasteiger partial charge in [0.15, 0.2) is 0 Å². The lowest BCUT2D eigenvalue weighted by atomic mass is 9.88. The van der Waals surface area contributed by atoms with E-state index in [0.717, 1.165) is 51.3 Å². The van der Waals surface area contributed by atoms with Gasteiger partial charge in [0.1, 0.15) is 0 Å². The number of fused-ring (bicyclic) bond motifs is 1. The van der Waals surface area contributed by atoms with Crippen LogP contribution in [0.1, 0.15) is 40.4 Å². The van der Waals surface area contributed by atoms with Crippen molar-refractivity contribution < 1.29 is 14.3 Å². The smallest absolute Gasteiger partial charge is 0.251 e. The maximum atomic E-state index is 12.4. The van der Waals surface area contributed by atoms with Crippen LogP contribution in [0.3, 0.4) is 0 Å². The molecule has 2 aliphatic rings. The first-order valence-electron chi connectivity index (χ1n) is 10.3. The summed E-state index contributed by atoms with van der Waals surface area (Å²) in [6.45, 7) is 3.14. The predicted octanol–water partition coefficient (Wildman–Crippen LogP) is 2.45. The summed E-state index contributed by atoms with van der Waals surface area (Å²) < 4.78 is 5.37. The largest absolute Gasteiger partial charge is 0.378 e. The molecule has 2 amide bonds. The number of ether oxygens (including phenoxy) is 1. The minimum atomic E-state index is -0.238. The summed E-state index contributed by atoms with van der Waals surface area (Å²) in [5.41, 5.74) is 4.13. The number of nitrogens with one attached hydrogen (secondary N) is 2. The fourth-order valence-corrected chi connectivity index (χ4v) is 4.06. The van der Waals surface area contributed by atoms with E-state index in [1.54, 1.807) is 12.1 Å². The second-order valence-corrected chi connectivity index (χ2v) is 7.54. The van der Waals surface area contributed by atoms with Crippen LogP contribution in [-0.4, -0.2) is 44.7 Å². The van der Waals surface area contributed by atoms with Crippen molar-refractivity contribution in [1.29, 1.82) is 0 Å². The fraction of sp³-hybridized carbons (Fsp3) is 0.391. The molecule has 1 unspecified atom stereocenters. The number of rotatable bonds is 5. The molecular formula is C23H27N3O3. The van der Waals surface area contributed by atoms with E-state index >= 15 is 0 Å². The van der Waals surface area contributed by atoms with Crippen molar-refractivity contribution in [3.63, 3.8) is 0 Å². The van der Waals surface area contributed by atoms with Gasteiger partial charge in [-0.2, -0.15) is 0 Å². The molecule has 0 spiro atoms. The molecule has 2 aromatic rings. The first-order chi connectivity index (χ1) is 14.2. The number of morpholine rings is 1. The molecule has 29 heavy (non-hydrogen) atoms. The summed E-state index contributed by atoms with van der Waals surface area (Å²) in [6.07, 6.45) is 3.04. The first-order valence-corrected chi connectivity index (χ1v) is 10.3. The lowest BCUT2D eigenvalue weighted by molar-refractivity contribution is -0.121. The van der Waals surface area contributed by atoms with E-state index in [9.17, 15) is 9.59 Å². The zero-order valence-electron chi connectivity index (χ0n) is 16.5. The van der Waals surface area contributed by atoms with Crippen molar-refractivity contribution in [3.05, 3.63) is 65.2 Å². The molecule has 6 nitrogen and oxygen atoms in total. The van der Waals surface area contributed by atoms with E-state index in [-0.39, 0.29) is 24.4 Å². The van der Waals surface area contributed by atoms with Gasteiger partial charge in [-0.15, -0.1) is 0 Å². The zero-order valence-corrected chi connectivity index (χ0v) is 16.5. The summed E-state index contributed by atoms with van der Waals surface area (Å²) in [7, 11) is 0. The number of hydrogen-bond donors (Lipinski definition) is 2. The third-order valence-corrected chi connectivity index (χ3v) is 5.62. The van der Waals surface area contributed by atoms with Crippen LogP contribution in [0.4, 0.5) is 5.69 Å². The zero-order chi connectivity index (χ0) is 20.1. The van der Waals surface area contributed by atoms with Crippen LogP contribution in [-0.2, 0) is 16.0 Å². The molecule has 1 aliphatic carbocycles. The normalized spacial score (nSPS) is 18.6. The number of amides is 2. The average Bonchev–Trinajstić information content (AvgIpc) is 2.78. The summed E-state index contributed by atoms with van der Waals surface area (Å²) in [5, 5.41) is 5.79. The fourth-order valence-electron chi connectivity index (χ4n) is 4.06. The van der Waals surface area contributed by atoms with E-state index in [2.05, 4.69) is 27.7 Å². The second kappa shape index (κ2) is 9.09. The van der Waals surface area contributed by atoms with Gasteiger partial charge >= 0.3 is 0 Å². The highest BCUT2D eigenvalue weighted by molar-refractivity contribution is 5.96. The molecule has 1 aliphatic heterocycles. The van der Waals surface area contributed by atoms with Crippen LogP contribution in [0.15, 0.2) is 48.5 Å². The monoisotopic (exact) mass is 393 g/mol. The number of benzene rings is 2. The number of aryl methyl sites for hydroxylation is 1. The third-order valence-electron chi connectivity index (χ3n) is 5.62. The Kier molecular flexibility index (Phi) is 6.10. The van der Waals surface area contributed by atoms with Crippen LogP contribution < -0.4 is 15.5 Å². The van der Waals surface area contributed by atoms with Gasteiger partial charge in [-0.1, -0.05) is 24.3 Å². The van der Waals surface area contributed by atoms with E-state index < -0.39 is 0 Å². The highest BCUT2D eigenvalue weighted by Crippen LogP contribution is 2.29. The van der Waals surface area contributed by atoms with Crippen molar-refractivity contribution in [2.75, 3.05) is 37.7 Å². The molecule has 152 valence electrons. The summed E-state index contributed by atoms with van der Waals surface area (Å²) in [5.74, 6) is -0.400. The first kappa shape index (κ1) is 19.5. The Balaban J connectivity index is 1.29. The number of hydrogen-bond acceptors (Lipinski definition) is 4. The topological polar surface area (TPSA) is 70.7 Å². The van der Waals surface area contributed by atoms with Crippen LogP contribution in [0, 0.1) is 0 Å². The van der Waals surface area contributed by atoms with Crippen molar-refractivity contribution in [2.24, 2.45) is 0 Å². The van der Waals surface area contributed by atoms with Gasteiger partial charge in [0.25, 0.3) is 5.91 Å². The van der Waals surface area contributed by atoms with Gasteiger partial charge in [0, 0.05) is 24.3 Å². The van der Waals surface area contributed by atoms with E-state index in [4.69, 9.17) is 4.74 Å². The Hall–Kier alpha value is -2.86. The Morgan fingerprint density at radius 2 is 1.79 bits per heavy atom. The van der Waals surface area contributed by atoms with E-state index in [1.165, 1.54) is 11.1 Å². The Morgan fingerprint density at radius 3 is 2.59 bits per heavy atom. The number of carbonyl (C=O) groups is 2. The predicted molar refractivity (Wildman–Crippen MR) is 112 cm³/mol. The molecule has 0 aromatic heterocycles. The molecule has 1 atom stereocenters. The minimum Gasteiger partial charge on any atom is -0.378 e. The highest BCUT2D eigenvalue weighted by Gasteiger charge is 2.21. The molecule has 1 heterocycles. The quantitative estimate of drug-likeness (QED) is 0.819. The Bertz CT molecular complexity index is 860. The van der Waals surface area contributed by atoms with Gasteiger partial charge in [0.2, 0.25) is 5.91 Å². The van der Waals surface area contributed by atoms with Gasteiger partial charge in [-0.05, 0) is 54.7 Å². The molecule has 0 radical (unpaired) electrons. The average molecular weight is 393 g/mol. The number of carbonyl (C=O) groups excluding carboxylic acids is 2. The number of nitrogens with zero attached hydrogens (tertiary/aromatic N) is 1. The standard InChI is InChI=1S/C23H27N3O3/c27-22(25-21-7-3-5-17-4-1-2-6-20(17)21)16-24-23(28)18-8-10-19(11-9-18)26-12-14-29-15-13-26/h1-2,4,6,8-11,21H,3,5,7,12-16H2,(H,24,28)(H,25,27). The van der Waals surface area contributed by atoms with Gasteiger partial charge < -0.3 is 20.3 Å². The SMILES string of the molecule is O=C(CNC(=O)c1ccc(N2CCOCC2)cc1)NC1CCCc2ccccc21. The molecular weight excluding hydrogens is 366 g/mol. The molecule has 2 N–H and O–H groups in total. The molecule has 6 heteroatoms. The van der Waals surface area contributed by atoms with Crippen molar-refractivity contribution >= 4 is 17.5 Å². The highest BCUT2D eigenvalue weighted by atomic mass is 16.5. The summed E-state index contributed by atoms with van der Waals surface area (Å²) >= 11 is 0. The van der Waals surface area contributed by atoms with Gasteiger partial charge in [-0.3, -0.25) is 9.59 Å². The van der Waals surface area contributed by atoms with Crippen LogP contribution in [0.2, 0.25) is 0 Å². The number of anilines is 1. The van der Waals surface area contributed by atoms with E-state index in [1.807, 2.05) is 24.3 Å².